The molecule has 0 aliphatic carbocycles. The minimum absolute atomic E-state index is 0.360. The quantitative estimate of drug-likeness (QED) is 0.909. The van der Waals surface area contributed by atoms with Crippen LogP contribution in [0, 0.1) is 0 Å². The van der Waals surface area contributed by atoms with E-state index in [1.54, 1.807) is 12.1 Å². The molecule has 0 saturated carbocycles. The van der Waals surface area contributed by atoms with E-state index in [0.29, 0.717) is 10.0 Å². The van der Waals surface area contributed by atoms with Gasteiger partial charge in [-0.05, 0) is 17.7 Å². The second kappa shape index (κ2) is 5.58. The first-order valence-electron chi connectivity index (χ1n) is 4.80. The molecule has 0 saturated heterocycles. The van der Waals surface area contributed by atoms with Gasteiger partial charge in [-0.3, -0.25) is 0 Å². The summed E-state index contributed by atoms with van der Waals surface area (Å²) in [7, 11) is -4.02. The molecule has 102 valence electrons. The second-order valence-corrected chi connectivity index (χ2v) is 6.77. The predicted octanol–water partition coefficient (Wildman–Crippen LogP) is 2.29. The molecule has 1 aromatic carbocycles. The van der Waals surface area contributed by atoms with Gasteiger partial charge in [0.1, 0.15) is 0 Å². The molecule has 18 heavy (non-hydrogen) atoms. The van der Waals surface area contributed by atoms with Crippen molar-refractivity contribution in [1.29, 1.82) is 0 Å². The van der Waals surface area contributed by atoms with Crippen LogP contribution in [0.3, 0.4) is 0 Å². The van der Waals surface area contributed by atoms with E-state index in [-0.39, 0.29) is 0 Å². The molecule has 8 heteroatoms. The lowest BCUT2D eigenvalue weighted by molar-refractivity contribution is -0.196. The lowest BCUT2D eigenvalue weighted by Gasteiger charge is -2.14. The zero-order valence-corrected chi connectivity index (χ0v) is 11.4. The largest absolute Gasteiger partial charge is 0.415 e. The third-order valence-electron chi connectivity index (χ3n) is 2.07. The Morgan fingerprint density at radius 3 is 2.44 bits per heavy atom. The molecule has 0 aromatic heterocycles. The smallest absolute Gasteiger partial charge is 0.383 e. The zero-order valence-electron chi connectivity index (χ0n) is 8.98. The van der Waals surface area contributed by atoms with Crippen LogP contribution in [0.15, 0.2) is 28.7 Å². The van der Waals surface area contributed by atoms with Gasteiger partial charge in [0.15, 0.2) is 15.9 Å². The third-order valence-corrected chi connectivity index (χ3v) is 4.16. The molecule has 1 N–H and O–H groups in total. The van der Waals surface area contributed by atoms with Crippen LogP contribution in [0.1, 0.15) is 5.56 Å². The standard InChI is InChI=1S/C10H10BrF3O3S/c11-8-3-1-2-7(4-8)5-18(16,17)6-9(15)10(12,13)14/h1-4,9,15H,5-6H2/t9-/m1/s1. The maximum Gasteiger partial charge on any atom is 0.415 e. The first-order valence-corrected chi connectivity index (χ1v) is 7.41. The SMILES string of the molecule is O=S(=O)(Cc1cccc(Br)c1)C[C@@H](O)C(F)(F)F. The summed E-state index contributed by atoms with van der Waals surface area (Å²) in [6.45, 7) is 0. The Labute approximate surface area is 111 Å². The molecule has 0 aliphatic rings. The van der Waals surface area contributed by atoms with E-state index in [1.165, 1.54) is 12.1 Å². The molecule has 0 unspecified atom stereocenters. The highest BCUT2D eigenvalue weighted by Crippen LogP contribution is 2.22. The molecule has 0 amide bonds. The normalized spacial score (nSPS) is 14.5. The number of rotatable bonds is 4. The van der Waals surface area contributed by atoms with Crippen molar-refractivity contribution in [3.8, 4) is 0 Å². The van der Waals surface area contributed by atoms with E-state index in [2.05, 4.69) is 15.9 Å². The van der Waals surface area contributed by atoms with E-state index in [0.717, 1.165) is 0 Å². The van der Waals surface area contributed by atoms with E-state index >= 15 is 0 Å². The van der Waals surface area contributed by atoms with Crippen LogP contribution in [0.2, 0.25) is 0 Å². The molecule has 0 heterocycles. The number of halogens is 4. The summed E-state index contributed by atoms with van der Waals surface area (Å²) >= 11 is 3.13. The van der Waals surface area contributed by atoms with Crippen LogP contribution in [0.5, 0.6) is 0 Å². The molecule has 1 atom stereocenters. The average Bonchev–Trinajstić information content (AvgIpc) is 2.13. The van der Waals surface area contributed by atoms with Crippen LogP contribution in [-0.2, 0) is 15.6 Å². The molecule has 0 fully saturated rings. The molecular formula is C10H10BrF3O3S. The molecule has 0 aliphatic heterocycles. The minimum atomic E-state index is -4.93. The van der Waals surface area contributed by atoms with Crippen molar-refractivity contribution in [2.45, 2.75) is 18.0 Å². The van der Waals surface area contributed by atoms with Gasteiger partial charge in [0.2, 0.25) is 0 Å². The Balaban J connectivity index is 2.77. The van der Waals surface area contributed by atoms with Crippen LogP contribution >= 0.6 is 15.9 Å². The Morgan fingerprint density at radius 2 is 1.94 bits per heavy atom. The highest BCUT2D eigenvalue weighted by atomic mass is 79.9. The predicted molar refractivity (Wildman–Crippen MR) is 63.7 cm³/mol. The lowest BCUT2D eigenvalue weighted by Crippen LogP contribution is -2.35. The Hall–Kier alpha value is -0.600. The van der Waals surface area contributed by atoms with Crippen LogP contribution in [-0.4, -0.2) is 31.6 Å². The van der Waals surface area contributed by atoms with Crippen molar-refractivity contribution < 1.29 is 26.7 Å². The number of benzene rings is 1. The minimum Gasteiger partial charge on any atom is -0.383 e. The Morgan fingerprint density at radius 1 is 1.33 bits per heavy atom. The van der Waals surface area contributed by atoms with Gasteiger partial charge in [0.05, 0.1) is 11.5 Å². The van der Waals surface area contributed by atoms with Gasteiger partial charge in [-0.2, -0.15) is 13.2 Å². The third kappa shape index (κ3) is 4.95. The van der Waals surface area contributed by atoms with Crippen molar-refractivity contribution in [3.05, 3.63) is 34.3 Å². The summed E-state index contributed by atoms with van der Waals surface area (Å²) in [6, 6.07) is 6.23. The fourth-order valence-electron chi connectivity index (χ4n) is 1.27. The summed E-state index contributed by atoms with van der Waals surface area (Å²) in [5.74, 6) is -1.87. The number of aliphatic hydroxyl groups excluding tert-OH is 1. The summed E-state index contributed by atoms with van der Waals surface area (Å²) in [5.41, 5.74) is 0.360. The summed E-state index contributed by atoms with van der Waals surface area (Å²) in [4.78, 5) is 0. The number of hydrogen-bond acceptors (Lipinski definition) is 3. The fraction of sp³-hybridized carbons (Fsp3) is 0.400. The summed E-state index contributed by atoms with van der Waals surface area (Å²) in [6.07, 6.45) is -7.78. The highest BCUT2D eigenvalue weighted by Gasteiger charge is 2.40. The maximum atomic E-state index is 12.1. The first kappa shape index (κ1) is 15.5. The Bertz CT molecular complexity index is 513. The Kier molecular flexibility index (Phi) is 4.79. The number of aliphatic hydroxyl groups is 1. The van der Waals surface area contributed by atoms with Gasteiger partial charge in [-0.25, -0.2) is 8.42 Å². The zero-order chi connectivity index (χ0) is 14.0. The van der Waals surface area contributed by atoms with Gasteiger partial charge in [0.25, 0.3) is 0 Å². The highest BCUT2D eigenvalue weighted by molar-refractivity contribution is 9.10. The van der Waals surface area contributed by atoms with Crippen molar-refractivity contribution >= 4 is 25.8 Å². The number of sulfone groups is 1. The van der Waals surface area contributed by atoms with E-state index in [1.807, 2.05) is 0 Å². The van der Waals surface area contributed by atoms with E-state index in [4.69, 9.17) is 5.11 Å². The molecular weight excluding hydrogens is 337 g/mol. The summed E-state index contributed by atoms with van der Waals surface area (Å²) < 4.78 is 59.8. The molecule has 0 bridgehead atoms. The van der Waals surface area contributed by atoms with Crippen LogP contribution < -0.4 is 0 Å². The van der Waals surface area contributed by atoms with Crippen LogP contribution in [0.4, 0.5) is 13.2 Å². The van der Waals surface area contributed by atoms with Crippen molar-refractivity contribution in [2.24, 2.45) is 0 Å². The maximum absolute atomic E-state index is 12.1. The van der Waals surface area contributed by atoms with Gasteiger partial charge < -0.3 is 5.11 Å². The van der Waals surface area contributed by atoms with Crippen molar-refractivity contribution in [1.82, 2.24) is 0 Å². The molecule has 0 radical (unpaired) electrons. The molecule has 1 rings (SSSR count). The monoisotopic (exact) mass is 346 g/mol. The topological polar surface area (TPSA) is 54.4 Å². The second-order valence-electron chi connectivity index (χ2n) is 3.74. The number of alkyl halides is 3. The lowest BCUT2D eigenvalue weighted by atomic mass is 10.2. The van der Waals surface area contributed by atoms with Gasteiger partial charge >= 0.3 is 6.18 Å². The first-order chi connectivity index (χ1) is 8.10. The van der Waals surface area contributed by atoms with E-state index < -0.39 is 33.6 Å². The summed E-state index contributed by atoms with van der Waals surface area (Å²) in [5, 5.41) is 8.74. The van der Waals surface area contributed by atoms with E-state index in [9.17, 15) is 21.6 Å². The van der Waals surface area contributed by atoms with Crippen molar-refractivity contribution in [2.75, 3.05) is 5.75 Å². The van der Waals surface area contributed by atoms with Gasteiger partial charge in [-0.1, -0.05) is 28.1 Å². The van der Waals surface area contributed by atoms with Crippen LogP contribution in [0.25, 0.3) is 0 Å². The molecule has 1 aromatic rings. The molecule has 3 nitrogen and oxygen atoms in total. The molecule has 0 spiro atoms. The fourth-order valence-corrected chi connectivity index (χ4v) is 3.20. The number of hydrogen-bond donors (Lipinski definition) is 1. The van der Waals surface area contributed by atoms with Gasteiger partial charge in [0, 0.05) is 4.47 Å². The van der Waals surface area contributed by atoms with Gasteiger partial charge in [-0.15, -0.1) is 0 Å². The average molecular weight is 347 g/mol. The van der Waals surface area contributed by atoms with Crippen molar-refractivity contribution in [3.63, 3.8) is 0 Å².